The minimum Gasteiger partial charge on any atom is -0.493 e. The number of rotatable bonds is 8. The Hall–Kier alpha value is -2.83. The third-order valence-electron chi connectivity index (χ3n) is 3.68. The Bertz CT molecular complexity index is 737. The monoisotopic (exact) mass is 359 g/mol. The zero-order valence-electron chi connectivity index (χ0n) is 15.6. The summed E-state index contributed by atoms with van der Waals surface area (Å²) in [7, 11) is 0. The number of anilines is 1. The maximum Gasteiger partial charge on any atom is 0.310 e. The van der Waals surface area contributed by atoms with Crippen LogP contribution < -0.4 is 10.1 Å². The second-order valence-electron chi connectivity index (χ2n) is 6.29. The van der Waals surface area contributed by atoms with Crippen LogP contribution in [0.4, 0.5) is 5.82 Å². The van der Waals surface area contributed by atoms with Crippen molar-refractivity contribution in [1.29, 1.82) is 0 Å². The van der Waals surface area contributed by atoms with Gasteiger partial charge < -0.3 is 14.8 Å². The van der Waals surface area contributed by atoms with E-state index in [4.69, 9.17) is 9.47 Å². The Labute approximate surface area is 153 Å². The van der Waals surface area contributed by atoms with Gasteiger partial charge in [-0.05, 0) is 39.8 Å². The molecule has 0 saturated carbocycles. The van der Waals surface area contributed by atoms with Crippen LogP contribution in [-0.2, 0) is 14.3 Å². The van der Waals surface area contributed by atoms with E-state index in [0.29, 0.717) is 11.6 Å². The summed E-state index contributed by atoms with van der Waals surface area (Å²) in [4.78, 5) is 24.1. The Morgan fingerprint density at radius 2 is 1.85 bits per heavy atom. The van der Waals surface area contributed by atoms with Crippen LogP contribution in [0.25, 0.3) is 0 Å². The lowest BCUT2D eigenvalue weighted by atomic mass is 10.2. The molecule has 0 bridgehead atoms. The summed E-state index contributed by atoms with van der Waals surface area (Å²) in [6, 6.07) is 9.35. The number of aryl methyl sites for hydroxylation is 1. The molecule has 0 spiro atoms. The quantitative estimate of drug-likeness (QED) is 0.732. The van der Waals surface area contributed by atoms with E-state index in [1.54, 1.807) is 16.9 Å². The molecule has 1 heterocycles. The number of benzene rings is 1. The number of aromatic nitrogens is 2. The molecule has 1 N–H and O–H groups in total. The maximum atomic E-state index is 12.2. The Balaban J connectivity index is 1.76. The van der Waals surface area contributed by atoms with Crippen LogP contribution in [0.2, 0.25) is 0 Å². The topological polar surface area (TPSA) is 82.4 Å². The number of carbonyl (C=O) groups excluding carboxylic acids is 2. The predicted molar refractivity (Wildman–Crippen MR) is 98.1 cm³/mol. The molecule has 1 aromatic heterocycles. The molecule has 0 aliphatic rings. The van der Waals surface area contributed by atoms with Gasteiger partial charge in [-0.15, -0.1) is 0 Å². The van der Waals surface area contributed by atoms with Crippen molar-refractivity contribution in [3.05, 3.63) is 42.1 Å². The van der Waals surface area contributed by atoms with Crippen molar-refractivity contribution in [3.8, 4) is 5.75 Å². The normalized spacial score (nSPS) is 11.9. The van der Waals surface area contributed by atoms with Crippen LogP contribution in [0.1, 0.15) is 38.8 Å². The number of amides is 1. The van der Waals surface area contributed by atoms with Crippen molar-refractivity contribution in [2.24, 2.45) is 0 Å². The number of carbonyl (C=O) groups is 2. The van der Waals surface area contributed by atoms with Gasteiger partial charge in [-0.25, -0.2) is 4.68 Å². The van der Waals surface area contributed by atoms with Gasteiger partial charge in [-0.3, -0.25) is 9.59 Å². The molecule has 2 aromatic rings. The maximum absolute atomic E-state index is 12.2. The molecule has 1 aromatic carbocycles. The highest BCUT2D eigenvalue weighted by atomic mass is 16.5. The smallest absolute Gasteiger partial charge is 0.310 e. The molecule has 0 fully saturated rings. The van der Waals surface area contributed by atoms with E-state index < -0.39 is 18.0 Å². The third kappa shape index (κ3) is 5.61. The van der Waals surface area contributed by atoms with E-state index in [1.165, 1.54) is 6.92 Å². The first-order valence-corrected chi connectivity index (χ1v) is 8.60. The lowest BCUT2D eigenvalue weighted by Crippen LogP contribution is -2.31. The summed E-state index contributed by atoms with van der Waals surface area (Å²) in [6.07, 6.45) is 0.766. The van der Waals surface area contributed by atoms with Crippen LogP contribution in [-0.4, -0.2) is 34.4 Å². The predicted octanol–water partition coefficient (Wildman–Crippen LogP) is 3.11. The molecule has 7 nitrogen and oxygen atoms in total. The van der Waals surface area contributed by atoms with Crippen LogP contribution in [0, 0.1) is 6.92 Å². The SMILES string of the molecule is Cc1ccc(OCCC(=O)O[C@@H](C)C(=O)Nc2ccnn2C(C)C)cc1. The number of esters is 1. The van der Waals surface area contributed by atoms with Gasteiger partial charge in [0.25, 0.3) is 5.91 Å². The first-order chi connectivity index (χ1) is 12.4. The minimum atomic E-state index is -0.905. The number of hydrogen-bond acceptors (Lipinski definition) is 5. The van der Waals surface area contributed by atoms with Gasteiger partial charge in [0.05, 0.1) is 19.2 Å². The summed E-state index contributed by atoms with van der Waals surface area (Å²) in [5.74, 6) is 0.365. The third-order valence-corrected chi connectivity index (χ3v) is 3.68. The Morgan fingerprint density at radius 3 is 2.50 bits per heavy atom. The average molecular weight is 359 g/mol. The molecule has 140 valence electrons. The summed E-state index contributed by atoms with van der Waals surface area (Å²) < 4.78 is 12.3. The van der Waals surface area contributed by atoms with E-state index in [-0.39, 0.29) is 19.1 Å². The first kappa shape index (κ1) is 19.5. The van der Waals surface area contributed by atoms with Gasteiger partial charge in [0.2, 0.25) is 0 Å². The largest absolute Gasteiger partial charge is 0.493 e. The fraction of sp³-hybridized carbons (Fsp3) is 0.421. The van der Waals surface area contributed by atoms with Crippen molar-refractivity contribution in [2.45, 2.75) is 46.3 Å². The minimum absolute atomic E-state index is 0.0649. The molecule has 1 amide bonds. The number of hydrogen-bond donors (Lipinski definition) is 1. The number of nitrogens with one attached hydrogen (secondary N) is 1. The van der Waals surface area contributed by atoms with Crippen LogP contribution >= 0.6 is 0 Å². The molecular formula is C19H25N3O4. The van der Waals surface area contributed by atoms with E-state index >= 15 is 0 Å². The van der Waals surface area contributed by atoms with Gasteiger partial charge in [0.15, 0.2) is 6.10 Å². The second-order valence-corrected chi connectivity index (χ2v) is 6.29. The fourth-order valence-corrected chi connectivity index (χ4v) is 2.25. The molecule has 0 radical (unpaired) electrons. The van der Waals surface area contributed by atoms with Gasteiger partial charge >= 0.3 is 5.97 Å². The van der Waals surface area contributed by atoms with Gasteiger partial charge in [0.1, 0.15) is 11.6 Å². The second kappa shape index (κ2) is 9.03. The highest BCUT2D eigenvalue weighted by Gasteiger charge is 2.19. The highest BCUT2D eigenvalue weighted by molar-refractivity contribution is 5.94. The molecule has 7 heteroatoms. The van der Waals surface area contributed by atoms with Crippen LogP contribution in [0.15, 0.2) is 36.5 Å². The molecular weight excluding hydrogens is 334 g/mol. The van der Waals surface area contributed by atoms with E-state index in [1.807, 2.05) is 45.0 Å². The van der Waals surface area contributed by atoms with Gasteiger partial charge in [-0.2, -0.15) is 5.10 Å². The zero-order valence-corrected chi connectivity index (χ0v) is 15.6. The van der Waals surface area contributed by atoms with Crippen molar-refractivity contribution in [2.75, 3.05) is 11.9 Å². The van der Waals surface area contributed by atoms with Gasteiger partial charge in [-0.1, -0.05) is 17.7 Å². The van der Waals surface area contributed by atoms with Crippen molar-refractivity contribution < 1.29 is 19.1 Å². The van der Waals surface area contributed by atoms with Crippen molar-refractivity contribution >= 4 is 17.7 Å². The summed E-state index contributed by atoms with van der Waals surface area (Å²) >= 11 is 0. The van der Waals surface area contributed by atoms with Crippen molar-refractivity contribution in [3.63, 3.8) is 0 Å². The fourth-order valence-electron chi connectivity index (χ4n) is 2.25. The molecule has 0 aliphatic carbocycles. The molecule has 2 rings (SSSR count). The van der Waals surface area contributed by atoms with Crippen LogP contribution in [0.5, 0.6) is 5.75 Å². The first-order valence-electron chi connectivity index (χ1n) is 8.60. The van der Waals surface area contributed by atoms with Crippen LogP contribution in [0.3, 0.4) is 0 Å². The standard InChI is InChI=1S/C19H25N3O4/c1-13(2)22-17(9-11-20-22)21-19(24)15(4)26-18(23)10-12-25-16-7-5-14(3)6-8-16/h5-9,11,13,15H,10,12H2,1-4H3,(H,21,24)/t15-/m0/s1. The van der Waals surface area contributed by atoms with Crippen molar-refractivity contribution in [1.82, 2.24) is 9.78 Å². The average Bonchev–Trinajstić information content (AvgIpc) is 3.05. The van der Waals surface area contributed by atoms with E-state index in [2.05, 4.69) is 10.4 Å². The molecule has 0 unspecified atom stereocenters. The summed E-state index contributed by atoms with van der Waals surface area (Å²) in [5.41, 5.74) is 1.13. The zero-order chi connectivity index (χ0) is 19.1. The Kier molecular flexibility index (Phi) is 6.77. The van der Waals surface area contributed by atoms with E-state index in [0.717, 1.165) is 5.56 Å². The number of ether oxygens (including phenoxy) is 2. The van der Waals surface area contributed by atoms with Gasteiger partial charge in [0, 0.05) is 12.1 Å². The lowest BCUT2D eigenvalue weighted by molar-refractivity contribution is -0.153. The molecule has 0 aliphatic heterocycles. The molecule has 1 atom stereocenters. The lowest BCUT2D eigenvalue weighted by Gasteiger charge is -2.15. The Morgan fingerprint density at radius 1 is 1.15 bits per heavy atom. The number of nitrogens with zero attached hydrogens (tertiary/aromatic N) is 2. The summed E-state index contributed by atoms with van der Waals surface area (Å²) in [6.45, 7) is 7.63. The summed E-state index contributed by atoms with van der Waals surface area (Å²) in [5, 5.41) is 6.86. The van der Waals surface area contributed by atoms with E-state index in [9.17, 15) is 9.59 Å². The molecule has 26 heavy (non-hydrogen) atoms. The molecule has 0 saturated heterocycles. The highest BCUT2D eigenvalue weighted by Crippen LogP contribution is 2.14.